The van der Waals surface area contributed by atoms with Gasteiger partial charge in [0.2, 0.25) is 5.91 Å². The number of thiocarbonyl (C=S) groups is 1. The van der Waals surface area contributed by atoms with Gasteiger partial charge in [-0.05, 0) is 37.9 Å². The molecule has 0 aromatic carbocycles. The van der Waals surface area contributed by atoms with Crippen LogP contribution in [0.25, 0.3) is 0 Å². The van der Waals surface area contributed by atoms with Crippen molar-refractivity contribution in [2.75, 3.05) is 0 Å². The maximum absolute atomic E-state index is 12.0. The van der Waals surface area contributed by atoms with Gasteiger partial charge in [0.1, 0.15) is 5.60 Å². The number of ether oxygens (including phenoxy) is 1. The van der Waals surface area contributed by atoms with Gasteiger partial charge >= 0.3 is 5.97 Å². The van der Waals surface area contributed by atoms with Crippen LogP contribution in [0.5, 0.6) is 0 Å². The molecule has 6 nitrogen and oxygen atoms in total. The lowest BCUT2D eigenvalue weighted by molar-refractivity contribution is -0.153. The van der Waals surface area contributed by atoms with Crippen LogP contribution < -0.4 is 16.6 Å². The molecular formula is C11H17N3O3S. The predicted octanol–water partition coefficient (Wildman–Crippen LogP) is 0.117. The molecule has 2 rings (SSSR count). The standard InChI is InChI=1S/C11H17N3O3S/c12-10(18)14-13-9(16)7-6-8(15)17-11(7)4-2-1-3-5-11/h7H,1-6H2,(H,13,16)(H3,12,14,18)/t7-/m1/s1. The molecule has 2 fully saturated rings. The minimum Gasteiger partial charge on any atom is -0.458 e. The monoisotopic (exact) mass is 271 g/mol. The molecule has 1 atom stereocenters. The minimum absolute atomic E-state index is 0.00807. The Hall–Kier alpha value is -1.37. The number of nitrogens with two attached hydrogens (primary N) is 1. The Morgan fingerprint density at radius 1 is 1.33 bits per heavy atom. The summed E-state index contributed by atoms with van der Waals surface area (Å²) in [7, 11) is 0. The van der Waals surface area contributed by atoms with Crippen LogP contribution in [0.15, 0.2) is 0 Å². The van der Waals surface area contributed by atoms with Crippen molar-refractivity contribution in [1.82, 2.24) is 10.9 Å². The molecule has 1 aliphatic carbocycles. The Labute approximate surface area is 111 Å². The maximum atomic E-state index is 12.0. The lowest BCUT2D eigenvalue weighted by atomic mass is 9.75. The van der Waals surface area contributed by atoms with Crippen molar-refractivity contribution in [3.8, 4) is 0 Å². The van der Waals surface area contributed by atoms with Gasteiger partial charge in [0, 0.05) is 0 Å². The third-order valence-corrected chi connectivity index (χ3v) is 3.75. The molecule has 7 heteroatoms. The van der Waals surface area contributed by atoms with E-state index in [9.17, 15) is 9.59 Å². The lowest BCUT2D eigenvalue weighted by Gasteiger charge is -2.35. The smallest absolute Gasteiger partial charge is 0.307 e. The predicted molar refractivity (Wildman–Crippen MR) is 68.1 cm³/mol. The van der Waals surface area contributed by atoms with Gasteiger partial charge in [0.05, 0.1) is 12.3 Å². The number of hydrazine groups is 1. The van der Waals surface area contributed by atoms with Gasteiger partial charge in [0.25, 0.3) is 0 Å². The first-order chi connectivity index (χ1) is 8.53. The maximum Gasteiger partial charge on any atom is 0.307 e. The molecule has 100 valence electrons. The molecule has 1 spiro atoms. The van der Waals surface area contributed by atoms with E-state index in [0.29, 0.717) is 0 Å². The molecule has 0 radical (unpaired) electrons. The fourth-order valence-electron chi connectivity index (χ4n) is 2.83. The van der Waals surface area contributed by atoms with Crippen molar-refractivity contribution in [3.05, 3.63) is 0 Å². The van der Waals surface area contributed by atoms with E-state index in [4.69, 9.17) is 10.5 Å². The van der Waals surface area contributed by atoms with Gasteiger partial charge in [-0.15, -0.1) is 0 Å². The Morgan fingerprint density at radius 3 is 2.61 bits per heavy atom. The summed E-state index contributed by atoms with van der Waals surface area (Å²) < 4.78 is 5.44. The molecule has 18 heavy (non-hydrogen) atoms. The van der Waals surface area contributed by atoms with E-state index >= 15 is 0 Å². The van der Waals surface area contributed by atoms with E-state index in [0.717, 1.165) is 32.1 Å². The summed E-state index contributed by atoms with van der Waals surface area (Å²) in [6.45, 7) is 0. The van der Waals surface area contributed by atoms with Crippen LogP contribution in [0.2, 0.25) is 0 Å². The van der Waals surface area contributed by atoms with Gasteiger partial charge in [-0.1, -0.05) is 6.42 Å². The second kappa shape index (κ2) is 5.09. The van der Waals surface area contributed by atoms with Crippen molar-refractivity contribution in [2.45, 2.75) is 44.1 Å². The molecule has 1 saturated carbocycles. The van der Waals surface area contributed by atoms with E-state index in [1.54, 1.807) is 0 Å². The zero-order chi connectivity index (χ0) is 13.2. The van der Waals surface area contributed by atoms with Crippen molar-refractivity contribution in [2.24, 2.45) is 11.7 Å². The molecule has 1 saturated heterocycles. The van der Waals surface area contributed by atoms with Gasteiger partial charge in [0.15, 0.2) is 5.11 Å². The highest BCUT2D eigenvalue weighted by Crippen LogP contribution is 2.44. The summed E-state index contributed by atoms with van der Waals surface area (Å²) in [6, 6.07) is 0. The van der Waals surface area contributed by atoms with Crippen LogP contribution in [-0.4, -0.2) is 22.6 Å². The first-order valence-electron chi connectivity index (χ1n) is 6.11. The summed E-state index contributed by atoms with van der Waals surface area (Å²) in [6.07, 6.45) is 4.73. The van der Waals surface area contributed by atoms with E-state index in [1.165, 1.54) is 0 Å². The minimum atomic E-state index is -0.614. The normalized spacial score (nSPS) is 25.6. The first kappa shape index (κ1) is 13.1. The molecule has 4 N–H and O–H groups in total. The number of nitrogens with one attached hydrogen (secondary N) is 2. The Balaban J connectivity index is 2.06. The van der Waals surface area contributed by atoms with Crippen LogP contribution in [-0.2, 0) is 14.3 Å². The summed E-state index contributed by atoms with van der Waals surface area (Å²) >= 11 is 4.61. The number of hydrogen-bond acceptors (Lipinski definition) is 4. The van der Waals surface area contributed by atoms with Crippen molar-refractivity contribution in [1.29, 1.82) is 0 Å². The quantitative estimate of drug-likeness (QED) is 0.356. The Morgan fingerprint density at radius 2 is 2.00 bits per heavy atom. The number of amides is 1. The zero-order valence-electron chi connectivity index (χ0n) is 10.0. The van der Waals surface area contributed by atoms with E-state index in [1.807, 2.05) is 0 Å². The Bertz CT molecular complexity index is 380. The second-order valence-electron chi connectivity index (χ2n) is 4.83. The summed E-state index contributed by atoms with van der Waals surface area (Å²) in [4.78, 5) is 23.5. The molecule has 2 aliphatic rings. The van der Waals surface area contributed by atoms with Crippen LogP contribution >= 0.6 is 12.2 Å². The van der Waals surface area contributed by atoms with E-state index in [-0.39, 0.29) is 23.4 Å². The number of hydrogen-bond donors (Lipinski definition) is 3. The van der Waals surface area contributed by atoms with Gasteiger partial charge in [-0.3, -0.25) is 20.4 Å². The fourth-order valence-corrected chi connectivity index (χ4v) is 2.89. The molecule has 0 unspecified atom stereocenters. The first-order valence-corrected chi connectivity index (χ1v) is 6.51. The third-order valence-electron chi connectivity index (χ3n) is 3.65. The molecule has 0 bridgehead atoms. The van der Waals surface area contributed by atoms with E-state index in [2.05, 4.69) is 23.1 Å². The Kier molecular flexibility index (Phi) is 3.70. The molecule has 1 aliphatic heterocycles. The average Bonchev–Trinajstić information content (AvgIpc) is 2.64. The SMILES string of the molecule is NC(=S)NNC(=O)[C@H]1CC(=O)OC12CCCCC2. The summed E-state index contributed by atoms with van der Waals surface area (Å²) in [5, 5.41) is -0.00807. The molecule has 1 amide bonds. The zero-order valence-corrected chi connectivity index (χ0v) is 10.8. The fraction of sp³-hybridized carbons (Fsp3) is 0.727. The van der Waals surface area contributed by atoms with Crippen LogP contribution in [0, 0.1) is 5.92 Å². The van der Waals surface area contributed by atoms with Gasteiger partial charge in [-0.25, -0.2) is 0 Å². The number of rotatable bonds is 1. The summed E-state index contributed by atoms with van der Waals surface area (Å²) in [5.74, 6) is -1.03. The van der Waals surface area contributed by atoms with Crippen LogP contribution in [0.3, 0.4) is 0 Å². The molecule has 0 aromatic rings. The second-order valence-corrected chi connectivity index (χ2v) is 5.27. The number of esters is 1. The molecule has 0 aromatic heterocycles. The third kappa shape index (κ3) is 2.55. The van der Waals surface area contributed by atoms with Crippen molar-refractivity contribution in [3.63, 3.8) is 0 Å². The topological polar surface area (TPSA) is 93.5 Å². The highest BCUT2D eigenvalue weighted by atomic mass is 32.1. The number of carbonyl (C=O) groups excluding carboxylic acids is 2. The van der Waals surface area contributed by atoms with Gasteiger partial charge < -0.3 is 10.5 Å². The largest absolute Gasteiger partial charge is 0.458 e. The van der Waals surface area contributed by atoms with Crippen LogP contribution in [0.1, 0.15) is 38.5 Å². The highest BCUT2D eigenvalue weighted by Gasteiger charge is 2.52. The number of carbonyl (C=O) groups is 2. The lowest BCUT2D eigenvalue weighted by Crippen LogP contribution is -2.51. The van der Waals surface area contributed by atoms with Gasteiger partial charge in [-0.2, -0.15) is 0 Å². The summed E-state index contributed by atoms with van der Waals surface area (Å²) in [5.41, 5.74) is 9.46. The average molecular weight is 271 g/mol. The van der Waals surface area contributed by atoms with Crippen LogP contribution in [0.4, 0.5) is 0 Å². The molecular weight excluding hydrogens is 254 g/mol. The molecule has 1 heterocycles. The van der Waals surface area contributed by atoms with E-state index < -0.39 is 11.5 Å². The van der Waals surface area contributed by atoms with Crippen molar-refractivity contribution < 1.29 is 14.3 Å². The van der Waals surface area contributed by atoms with Crippen molar-refractivity contribution >= 4 is 29.2 Å². The highest BCUT2D eigenvalue weighted by molar-refractivity contribution is 7.80.